The molecule has 9 heteroatoms. The number of methoxy groups -OCH3 is 1. The molecule has 0 atom stereocenters. The van der Waals surface area contributed by atoms with E-state index in [1.807, 2.05) is 0 Å². The Labute approximate surface area is 148 Å². The van der Waals surface area contributed by atoms with Crippen LogP contribution >= 0.6 is 11.3 Å². The van der Waals surface area contributed by atoms with E-state index < -0.39 is 0 Å². The number of aliphatic hydroxyl groups is 1. The lowest BCUT2D eigenvalue weighted by Crippen LogP contribution is -2.39. The van der Waals surface area contributed by atoms with Gasteiger partial charge < -0.3 is 20.5 Å². The molecule has 1 saturated carbocycles. The van der Waals surface area contributed by atoms with Crippen LogP contribution in [0.4, 0.5) is 5.69 Å². The van der Waals surface area contributed by atoms with E-state index in [1.54, 1.807) is 10.8 Å². The third-order valence-electron chi connectivity index (χ3n) is 4.23. The van der Waals surface area contributed by atoms with Gasteiger partial charge in [-0.2, -0.15) is 5.10 Å². The number of rotatable bonds is 5. The highest BCUT2D eigenvalue weighted by Gasteiger charge is 2.24. The highest BCUT2D eigenvalue weighted by Crippen LogP contribution is 2.25. The molecule has 2 aromatic heterocycles. The van der Waals surface area contributed by atoms with E-state index in [1.165, 1.54) is 24.6 Å². The largest absolute Gasteiger partial charge is 0.495 e. The maximum absolute atomic E-state index is 12.4. The van der Waals surface area contributed by atoms with Gasteiger partial charge >= 0.3 is 0 Å². The van der Waals surface area contributed by atoms with Gasteiger partial charge in [0.2, 0.25) is 0 Å². The summed E-state index contributed by atoms with van der Waals surface area (Å²) in [6.45, 7) is 0. The number of aliphatic hydroxyl groups excluding tert-OH is 1. The van der Waals surface area contributed by atoms with Crippen molar-refractivity contribution in [1.82, 2.24) is 15.5 Å². The second-order valence-electron chi connectivity index (χ2n) is 5.93. The molecule has 134 valence electrons. The first kappa shape index (κ1) is 17.4. The van der Waals surface area contributed by atoms with Gasteiger partial charge in [0, 0.05) is 23.0 Å². The van der Waals surface area contributed by atoms with Crippen LogP contribution in [0.25, 0.3) is 0 Å². The van der Waals surface area contributed by atoms with Crippen LogP contribution in [0.15, 0.2) is 17.0 Å². The summed E-state index contributed by atoms with van der Waals surface area (Å²) >= 11 is 1.36. The summed E-state index contributed by atoms with van der Waals surface area (Å²) in [5, 5.41) is 25.1. The van der Waals surface area contributed by atoms with Crippen LogP contribution < -0.4 is 15.4 Å². The highest BCUT2D eigenvalue weighted by molar-refractivity contribution is 7.08. The standard InChI is InChI=1S/C16H20N4O4S/c1-24-13-8-25-7-11(13)15(22)19-12-6-17-20-14(12)16(23)18-9-2-4-10(21)5-3-9/h6-10,21H,2-5H2,1H3,(H,17,20)(H,18,23)(H,19,22)/t9-,10-. The van der Waals surface area contributed by atoms with Crippen LogP contribution in [0.2, 0.25) is 0 Å². The molecule has 3 rings (SSSR count). The zero-order valence-corrected chi connectivity index (χ0v) is 14.6. The molecule has 25 heavy (non-hydrogen) atoms. The van der Waals surface area contributed by atoms with Gasteiger partial charge in [-0.3, -0.25) is 14.7 Å². The van der Waals surface area contributed by atoms with Crippen LogP contribution in [0.1, 0.15) is 46.5 Å². The van der Waals surface area contributed by atoms with E-state index in [4.69, 9.17) is 4.74 Å². The summed E-state index contributed by atoms with van der Waals surface area (Å²) < 4.78 is 5.14. The number of H-pyrrole nitrogens is 1. The smallest absolute Gasteiger partial charge is 0.274 e. The number of hydrogen-bond donors (Lipinski definition) is 4. The van der Waals surface area contributed by atoms with Gasteiger partial charge in [-0.05, 0) is 25.7 Å². The van der Waals surface area contributed by atoms with Gasteiger partial charge in [-0.1, -0.05) is 0 Å². The number of thiophene rings is 1. The summed E-state index contributed by atoms with van der Waals surface area (Å²) in [5.41, 5.74) is 0.849. The van der Waals surface area contributed by atoms with Crippen molar-refractivity contribution in [2.45, 2.75) is 37.8 Å². The molecule has 1 fully saturated rings. The summed E-state index contributed by atoms with van der Waals surface area (Å²) in [4.78, 5) is 24.8. The van der Waals surface area contributed by atoms with E-state index >= 15 is 0 Å². The van der Waals surface area contributed by atoms with Crippen LogP contribution in [0.5, 0.6) is 5.75 Å². The van der Waals surface area contributed by atoms with E-state index in [0.29, 0.717) is 29.8 Å². The fourth-order valence-corrected chi connectivity index (χ4v) is 3.60. The van der Waals surface area contributed by atoms with Crippen LogP contribution in [0, 0.1) is 0 Å². The Kier molecular flexibility index (Phi) is 5.34. The minimum atomic E-state index is -0.366. The van der Waals surface area contributed by atoms with E-state index in [0.717, 1.165) is 12.8 Å². The zero-order chi connectivity index (χ0) is 17.8. The molecule has 2 aromatic rings. The Bertz CT molecular complexity index is 749. The first-order valence-corrected chi connectivity index (χ1v) is 8.97. The Morgan fingerprint density at radius 3 is 2.76 bits per heavy atom. The van der Waals surface area contributed by atoms with Crippen molar-refractivity contribution in [3.05, 3.63) is 28.2 Å². The Hall–Kier alpha value is -2.39. The molecule has 4 N–H and O–H groups in total. The van der Waals surface area contributed by atoms with E-state index in [2.05, 4.69) is 20.8 Å². The van der Waals surface area contributed by atoms with Gasteiger partial charge in [-0.15, -0.1) is 11.3 Å². The minimum Gasteiger partial charge on any atom is -0.495 e. The van der Waals surface area contributed by atoms with Crippen molar-refractivity contribution in [3.8, 4) is 5.75 Å². The monoisotopic (exact) mass is 364 g/mol. The van der Waals surface area contributed by atoms with Gasteiger partial charge in [0.25, 0.3) is 11.8 Å². The fraction of sp³-hybridized carbons (Fsp3) is 0.438. The lowest BCUT2D eigenvalue weighted by Gasteiger charge is -2.25. The van der Waals surface area contributed by atoms with Crippen molar-refractivity contribution in [3.63, 3.8) is 0 Å². The lowest BCUT2D eigenvalue weighted by atomic mass is 9.93. The second kappa shape index (κ2) is 7.66. The van der Waals surface area contributed by atoms with Gasteiger partial charge in [0.15, 0.2) is 5.69 Å². The molecule has 0 bridgehead atoms. The number of nitrogens with one attached hydrogen (secondary N) is 3. The minimum absolute atomic E-state index is 0.00752. The SMILES string of the molecule is COc1cscc1C(=O)Nc1c[nH]nc1C(=O)N[C@H]1CC[C@H](O)CC1. The average molecular weight is 364 g/mol. The molecule has 1 aliphatic carbocycles. The van der Waals surface area contributed by atoms with Crippen LogP contribution in [-0.2, 0) is 0 Å². The highest BCUT2D eigenvalue weighted by atomic mass is 32.1. The summed E-state index contributed by atoms with van der Waals surface area (Å²) in [6.07, 6.45) is 3.99. The maximum Gasteiger partial charge on any atom is 0.274 e. The quantitative estimate of drug-likeness (QED) is 0.645. The normalized spacial score (nSPS) is 20.1. The van der Waals surface area contributed by atoms with Crippen molar-refractivity contribution in [2.75, 3.05) is 12.4 Å². The molecular weight excluding hydrogens is 344 g/mol. The molecule has 0 radical (unpaired) electrons. The number of carbonyl (C=O) groups excluding carboxylic acids is 2. The molecule has 0 spiro atoms. The van der Waals surface area contributed by atoms with Crippen molar-refractivity contribution >= 4 is 28.8 Å². The molecule has 2 heterocycles. The lowest BCUT2D eigenvalue weighted by molar-refractivity contribution is 0.0864. The van der Waals surface area contributed by atoms with Crippen molar-refractivity contribution in [2.24, 2.45) is 0 Å². The Balaban J connectivity index is 1.66. The number of hydrogen-bond acceptors (Lipinski definition) is 6. The predicted octanol–water partition coefficient (Wildman–Crippen LogP) is 1.77. The number of aromatic amines is 1. The van der Waals surface area contributed by atoms with Gasteiger partial charge in [0.1, 0.15) is 5.75 Å². The number of ether oxygens (including phenoxy) is 1. The second-order valence-corrected chi connectivity index (χ2v) is 6.68. The average Bonchev–Trinajstić information content (AvgIpc) is 3.25. The summed E-state index contributed by atoms with van der Waals surface area (Å²) in [5.74, 6) is -0.234. The number of amides is 2. The molecule has 2 amide bonds. The first-order valence-electron chi connectivity index (χ1n) is 8.02. The Morgan fingerprint density at radius 1 is 1.28 bits per heavy atom. The summed E-state index contributed by atoms with van der Waals surface area (Å²) in [7, 11) is 1.50. The molecule has 0 aliphatic heterocycles. The molecule has 0 aromatic carbocycles. The summed E-state index contributed by atoms with van der Waals surface area (Å²) in [6, 6.07) is 0.00752. The predicted molar refractivity (Wildman–Crippen MR) is 93.1 cm³/mol. The van der Waals surface area contributed by atoms with Crippen LogP contribution in [-0.4, -0.2) is 46.4 Å². The number of nitrogens with zero attached hydrogens (tertiary/aromatic N) is 1. The van der Waals surface area contributed by atoms with Crippen molar-refractivity contribution < 1.29 is 19.4 Å². The number of carbonyl (C=O) groups is 2. The molecule has 0 unspecified atom stereocenters. The number of aromatic nitrogens is 2. The molecule has 0 saturated heterocycles. The molecule has 1 aliphatic rings. The van der Waals surface area contributed by atoms with Gasteiger partial charge in [-0.25, -0.2) is 0 Å². The van der Waals surface area contributed by atoms with E-state index in [-0.39, 0.29) is 29.7 Å². The van der Waals surface area contributed by atoms with E-state index in [9.17, 15) is 14.7 Å². The zero-order valence-electron chi connectivity index (χ0n) is 13.7. The molecule has 8 nitrogen and oxygen atoms in total. The maximum atomic E-state index is 12.4. The fourth-order valence-electron chi connectivity index (χ4n) is 2.83. The first-order chi connectivity index (χ1) is 12.1. The Morgan fingerprint density at radius 2 is 2.04 bits per heavy atom. The third-order valence-corrected chi connectivity index (χ3v) is 4.95. The van der Waals surface area contributed by atoms with Gasteiger partial charge in [0.05, 0.1) is 24.5 Å². The third kappa shape index (κ3) is 3.99. The topological polar surface area (TPSA) is 116 Å². The van der Waals surface area contributed by atoms with Crippen LogP contribution in [0.3, 0.4) is 0 Å². The number of anilines is 1. The van der Waals surface area contributed by atoms with Crippen molar-refractivity contribution in [1.29, 1.82) is 0 Å². The molecular formula is C16H20N4O4S.